The Morgan fingerprint density at radius 1 is 1.32 bits per heavy atom. The van der Waals surface area contributed by atoms with Gasteiger partial charge in [0, 0.05) is 6.08 Å². The van der Waals surface area contributed by atoms with Gasteiger partial charge in [-0.05, 0) is 31.2 Å². The second-order valence-electron chi connectivity index (χ2n) is 4.76. The summed E-state index contributed by atoms with van der Waals surface area (Å²) >= 11 is 0. The van der Waals surface area contributed by atoms with Gasteiger partial charge in [0.05, 0.1) is 19.3 Å². The van der Waals surface area contributed by atoms with Gasteiger partial charge < -0.3 is 9.47 Å². The number of rotatable bonds is 6. The lowest BCUT2D eigenvalue weighted by molar-refractivity contribution is -0.137. The van der Waals surface area contributed by atoms with Crippen LogP contribution in [0, 0.1) is 5.92 Å². The molecule has 0 saturated heterocycles. The first-order valence-corrected chi connectivity index (χ1v) is 6.78. The average molecular weight is 260 g/mol. The minimum atomic E-state index is -0.254. The maximum Gasteiger partial charge on any atom is 0.330 e. The highest BCUT2D eigenvalue weighted by Crippen LogP contribution is 2.31. The molecule has 0 unspecified atom stereocenters. The lowest BCUT2D eigenvalue weighted by Gasteiger charge is -2.33. The molecule has 3 heteroatoms. The molecular formula is C16H20O3. The number of carbonyl (C=O) groups is 1. The first-order chi connectivity index (χ1) is 9.28. The van der Waals surface area contributed by atoms with Crippen molar-refractivity contribution in [2.75, 3.05) is 6.61 Å². The van der Waals surface area contributed by atoms with Crippen molar-refractivity contribution in [3.8, 4) is 0 Å². The summed E-state index contributed by atoms with van der Waals surface area (Å²) in [7, 11) is 0. The summed E-state index contributed by atoms with van der Waals surface area (Å²) in [5.41, 5.74) is 1.20. The lowest BCUT2D eigenvalue weighted by atomic mass is 9.82. The summed E-state index contributed by atoms with van der Waals surface area (Å²) < 4.78 is 10.6. The average Bonchev–Trinajstić information content (AvgIpc) is 2.38. The highest BCUT2D eigenvalue weighted by molar-refractivity contribution is 5.81. The van der Waals surface area contributed by atoms with Gasteiger partial charge in [-0.1, -0.05) is 36.4 Å². The van der Waals surface area contributed by atoms with Crippen LogP contribution >= 0.6 is 0 Å². The number of hydrogen-bond acceptors (Lipinski definition) is 3. The Morgan fingerprint density at radius 2 is 2.05 bits per heavy atom. The predicted molar refractivity (Wildman–Crippen MR) is 73.5 cm³/mol. The molecular weight excluding hydrogens is 240 g/mol. The van der Waals surface area contributed by atoms with E-state index in [1.165, 1.54) is 11.6 Å². The SMILES string of the molecule is CCOC(=O)/C=C/C1CC(OCc2ccccc2)C1. The van der Waals surface area contributed by atoms with Crippen molar-refractivity contribution in [2.45, 2.75) is 32.5 Å². The van der Waals surface area contributed by atoms with Gasteiger partial charge in [0.25, 0.3) is 0 Å². The molecule has 0 aliphatic heterocycles. The Balaban J connectivity index is 1.63. The zero-order valence-corrected chi connectivity index (χ0v) is 11.2. The first-order valence-electron chi connectivity index (χ1n) is 6.78. The van der Waals surface area contributed by atoms with E-state index in [0.29, 0.717) is 25.2 Å². The molecule has 0 atom stereocenters. The Bertz CT molecular complexity index is 419. The highest BCUT2D eigenvalue weighted by atomic mass is 16.5. The topological polar surface area (TPSA) is 35.5 Å². The van der Waals surface area contributed by atoms with E-state index in [0.717, 1.165) is 12.8 Å². The van der Waals surface area contributed by atoms with Gasteiger partial charge in [-0.25, -0.2) is 4.79 Å². The van der Waals surface area contributed by atoms with Crippen LogP contribution in [0.5, 0.6) is 0 Å². The molecule has 1 saturated carbocycles. The van der Waals surface area contributed by atoms with E-state index >= 15 is 0 Å². The van der Waals surface area contributed by atoms with Crippen molar-refractivity contribution < 1.29 is 14.3 Å². The summed E-state index contributed by atoms with van der Waals surface area (Å²) in [5.74, 6) is 0.196. The summed E-state index contributed by atoms with van der Waals surface area (Å²) in [6, 6.07) is 10.2. The fraction of sp³-hybridized carbons (Fsp3) is 0.438. The van der Waals surface area contributed by atoms with E-state index in [9.17, 15) is 4.79 Å². The molecule has 0 spiro atoms. The van der Waals surface area contributed by atoms with Crippen molar-refractivity contribution in [3.05, 3.63) is 48.0 Å². The van der Waals surface area contributed by atoms with Crippen molar-refractivity contribution in [1.29, 1.82) is 0 Å². The largest absolute Gasteiger partial charge is 0.463 e. The number of benzene rings is 1. The van der Waals surface area contributed by atoms with Crippen LogP contribution in [-0.4, -0.2) is 18.7 Å². The molecule has 0 aromatic heterocycles. The molecule has 0 N–H and O–H groups in total. The van der Waals surface area contributed by atoms with Gasteiger partial charge in [0.15, 0.2) is 0 Å². The van der Waals surface area contributed by atoms with Crippen LogP contribution in [0.25, 0.3) is 0 Å². The lowest BCUT2D eigenvalue weighted by Crippen LogP contribution is -2.30. The smallest absolute Gasteiger partial charge is 0.330 e. The van der Waals surface area contributed by atoms with Crippen molar-refractivity contribution >= 4 is 5.97 Å². The molecule has 1 aromatic rings. The zero-order chi connectivity index (χ0) is 13.5. The summed E-state index contributed by atoms with van der Waals surface area (Å²) in [4.78, 5) is 11.1. The van der Waals surface area contributed by atoms with Crippen LogP contribution in [0.4, 0.5) is 0 Å². The summed E-state index contributed by atoms with van der Waals surface area (Å²) in [6.45, 7) is 2.90. The molecule has 0 heterocycles. The number of hydrogen-bond donors (Lipinski definition) is 0. The van der Waals surface area contributed by atoms with Crippen molar-refractivity contribution in [1.82, 2.24) is 0 Å². The highest BCUT2D eigenvalue weighted by Gasteiger charge is 2.27. The van der Waals surface area contributed by atoms with E-state index in [4.69, 9.17) is 9.47 Å². The van der Waals surface area contributed by atoms with Crippen LogP contribution in [0.2, 0.25) is 0 Å². The van der Waals surface area contributed by atoms with Crippen LogP contribution < -0.4 is 0 Å². The third-order valence-corrected chi connectivity index (χ3v) is 3.25. The Kier molecular flexibility index (Phi) is 5.16. The molecule has 19 heavy (non-hydrogen) atoms. The maximum atomic E-state index is 11.1. The van der Waals surface area contributed by atoms with Gasteiger partial charge in [0.1, 0.15) is 0 Å². The van der Waals surface area contributed by atoms with Gasteiger partial charge in [-0.15, -0.1) is 0 Å². The van der Waals surface area contributed by atoms with E-state index in [2.05, 4.69) is 12.1 Å². The van der Waals surface area contributed by atoms with Crippen molar-refractivity contribution in [3.63, 3.8) is 0 Å². The maximum absolute atomic E-state index is 11.1. The molecule has 2 rings (SSSR count). The van der Waals surface area contributed by atoms with Gasteiger partial charge in [-0.3, -0.25) is 0 Å². The molecule has 3 nitrogen and oxygen atoms in total. The molecule has 1 aliphatic rings. The standard InChI is InChI=1S/C16H20O3/c1-2-18-16(17)9-8-14-10-15(11-14)19-12-13-6-4-3-5-7-13/h3-9,14-15H,2,10-12H2,1H3/b9-8+. The molecule has 102 valence electrons. The second-order valence-corrected chi connectivity index (χ2v) is 4.76. The van der Waals surface area contributed by atoms with Crippen LogP contribution in [0.15, 0.2) is 42.5 Å². The first kappa shape index (κ1) is 13.8. The number of carbonyl (C=O) groups excluding carboxylic acids is 1. The van der Waals surface area contributed by atoms with Gasteiger partial charge in [-0.2, -0.15) is 0 Å². The van der Waals surface area contributed by atoms with Gasteiger partial charge >= 0.3 is 5.97 Å². The van der Waals surface area contributed by atoms with Crippen LogP contribution in [0.3, 0.4) is 0 Å². The Morgan fingerprint density at radius 3 is 2.74 bits per heavy atom. The van der Waals surface area contributed by atoms with E-state index in [1.54, 1.807) is 0 Å². The molecule has 0 radical (unpaired) electrons. The fourth-order valence-electron chi connectivity index (χ4n) is 2.09. The third kappa shape index (κ3) is 4.52. The monoisotopic (exact) mass is 260 g/mol. The molecule has 1 aromatic carbocycles. The fourth-order valence-corrected chi connectivity index (χ4v) is 2.09. The van der Waals surface area contributed by atoms with Crippen LogP contribution in [-0.2, 0) is 20.9 Å². The Labute approximate surface area is 114 Å². The second kappa shape index (κ2) is 7.10. The molecule has 1 aliphatic carbocycles. The van der Waals surface area contributed by atoms with E-state index < -0.39 is 0 Å². The van der Waals surface area contributed by atoms with Gasteiger partial charge in [0.2, 0.25) is 0 Å². The normalized spacial score (nSPS) is 22.2. The summed E-state index contributed by atoms with van der Waals surface area (Å²) in [5, 5.41) is 0. The minimum Gasteiger partial charge on any atom is -0.463 e. The molecule has 0 amide bonds. The minimum absolute atomic E-state index is 0.254. The Hall–Kier alpha value is -1.61. The number of esters is 1. The predicted octanol–water partition coefficient (Wildman–Crippen LogP) is 3.10. The van der Waals surface area contributed by atoms with E-state index in [-0.39, 0.29) is 5.97 Å². The summed E-state index contributed by atoms with van der Waals surface area (Å²) in [6.07, 6.45) is 5.75. The number of allylic oxidation sites excluding steroid dienone is 1. The van der Waals surface area contributed by atoms with Crippen LogP contribution in [0.1, 0.15) is 25.3 Å². The zero-order valence-electron chi connectivity index (χ0n) is 11.2. The quantitative estimate of drug-likeness (QED) is 0.582. The number of ether oxygens (including phenoxy) is 2. The molecule has 0 bridgehead atoms. The third-order valence-electron chi connectivity index (χ3n) is 3.25. The van der Waals surface area contributed by atoms with Crippen molar-refractivity contribution in [2.24, 2.45) is 5.92 Å². The van der Waals surface area contributed by atoms with E-state index in [1.807, 2.05) is 31.2 Å². The molecule has 1 fully saturated rings.